The third kappa shape index (κ3) is 3.62. The van der Waals surface area contributed by atoms with Crippen molar-refractivity contribution < 1.29 is 14.7 Å². The predicted octanol–water partition coefficient (Wildman–Crippen LogP) is 3.30. The summed E-state index contributed by atoms with van der Waals surface area (Å²) < 4.78 is 2.18. The average molecular weight is 424 g/mol. The Kier molecular flexibility index (Phi) is 5.34. The maximum absolute atomic E-state index is 13.2. The first-order valence-corrected chi connectivity index (χ1v) is 11.1. The summed E-state index contributed by atoms with van der Waals surface area (Å²) in [6.07, 6.45) is 1.69. The van der Waals surface area contributed by atoms with Crippen LogP contribution >= 0.6 is 0 Å². The van der Waals surface area contributed by atoms with E-state index in [9.17, 15) is 14.7 Å². The van der Waals surface area contributed by atoms with E-state index in [-0.39, 0.29) is 17.2 Å². The van der Waals surface area contributed by atoms with Crippen molar-refractivity contribution >= 4 is 11.7 Å². The molecular formula is C25H33N3O3. The van der Waals surface area contributed by atoms with E-state index in [2.05, 4.69) is 22.6 Å². The highest BCUT2D eigenvalue weighted by atomic mass is 16.3. The topological polar surface area (TPSA) is 65.8 Å². The van der Waals surface area contributed by atoms with Gasteiger partial charge < -0.3 is 14.6 Å². The minimum absolute atomic E-state index is 0.0403. The molecule has 6 nitrogen and oxygen atoms in total. The van der Waals surface area contributed by atoms with Crippen LogP contribution in [0.5, 0.6) is 0 Å². The number of carbonyl (C=O) groups is 2. The van der Waals surface area contributed by atoms with Crippen molar-refractivity contribution in [1.29, 1.82) is 0 Å². The molecule has 31 heavy (non-hydrogen) atoms. The van der Waals surface area contributed by atoms with Crippen LogP contribution in [0.15, 0.2) is 30.3 Å². The summed E-state index contributed by atoms with van der Waals surface area (Å²) in [6, 6.07) is 9.62. The van der Waals surface area contributed by atoms with Gasteiger partial charge in [-0.25, -0.2) is 0 Å². The Hall–Kier alpha value is -2.44. The van der Waals surface area contributed by atoms with Crippen molar-refractivity contribution in [2.75, 3.05) is 26.7 Å². The number of rotatable bonds is 3. The monoisotopic (exact) mass is 423 g/mol. The maximum Gasteiger partial charge on any atom is 0.253 e. The molecule has 1 N–H and O–H groups in total. The van der Waals surface area contributed by atoms with Crippen LogP contribution < -0.4 is 0 Å². The van der Waals surface area contributed by atoms with Crippen molar-refractivity contribution in [3.63, 3.8) is 0 Å². The molecule has 2 aromatic rings. The number of carbonyl (C=O) groups excluding carboxylic acids is 2. The van der Waals surface area contributed by atoms with Crippen LogP contribution in [0.3, 0.4) is 0 Å². The highest BCUT2D eigenvalue weighted by Gasteiger charge is 2.45. The lowest BCUT2D eigenvalue weighted by molar-refractivity contribution is 0.0128. The van der Waals surface area contributed by atoms with E-state index in [0.717, 1.165) is 42.8 Å². The van der Waals surface area contributed by atoms with E-state index >= 15 is 0 Å². The van der Waals surface area contributed by atoms with E-state index in [4.69, 9.17) is 0 Å². The Bertz CT molecular complexity index is 1020. The van der Waals surface area contributed by atoms with E-state index < -0.39 is 5.60 Å². The number of amides is 1. The number of likely N-dealkylation sites (tertiary alicyclic amines) is 1. The zero-order valence-electron chi connectivity index (χ0n) is 19.2. The third-order valence-electron chi connectivity index (χ3n) is 7.22. The van der Waals surface area contributed by atoms with E-state index in [1.165, 1.54) is 5.69 Å². The summed E-state index contributed by atoms with van der Waals surface area (Å²) in [5.41, 5.74) is 3.35. The number of benzene rings is 1. The number of likely N-dealkylation sites (N-methyl/N-ethyl adjacent to an activating group) is 1. The second kappa shape index (κ2) is 7.61. The molecule has 1 aromatic heterocycles. The number of ketones is 1. The van der Waals surface area contributed by atoms with Crippen LogP contribution in [0, 0.1) is 6.92 Å². The van der Waals surface area contributed by atoms with Crippen LogP contribution in [0.4, 0.5) is 0 Å². The lowest BCUT2D eigenvalue weighted by atomic mass is 9.81. The number of aliphatic hydroxyl groups is 1. The molecule has 0 aliphatic carbocycles. The molecule has 1 aromatic carbocycles. The van der Waals surface area contributed by atoms with Gasteiger partial charge in [-0.05, 0) is 76.1 Å². The number of hydrogen-bond donors (Lipinski definition) is 1. The van der Waals surface area contributed by atoms with E-state index in [1.54, 1.807) is 20.8 Å². The molecule has 0 atom stereocenters. The first-order chi connectivity index (χ1) is 14.5. The van der Waals surface area contributed by atoms with Crippen molar-refractivity contribution in [2.24, 2.45) is 0 Å². The van der Waals surface area contributed by atoms with Gasteiger partial charge in [0.15, 0.2) is 5.78 Å². The number of Topliss-reactive ketones (excluding diaryl/α,β-unsaturated/α-hetero) is 1. The average Bonchev–Trinajstić information content (AvgIpc) is 3.15. The molecule has 2 aliphatic rings. The normalized spacial score (nSPS) is 18.8. The Morgan fingerprint density at radius 3 is 2.29 bits per heavy atom. The summed E-state index contributed by atoms with van der Waals surface area (Å²) in [4.78, 5) is 29.6. The quantitative estimate of drug-likeness (QED) is 0.770. The van der Waals surface area contributed by atoms with Gasteiger partial charge in [0, 0.05) is 44.4 Å². The lowest BCUT2D eigenvalue weighted by Crippen LogP contribution is -2.56. The van der Waals surface area contributed by atoms with Crippen molar-refractivity contribution in [1.82, 2.24) is 14.4 Å². The van der Waals surface area contributed by atoms with Gasteiger partial charge in [-0.2, -0.15) is 0 Å². The van der Waals surface area contributed by atoms with Gasteiger partial charge >= 0.3 is 0 Å². The van der Waals surface area contributed by atoms with Crippen LogP contribution in [0.25, 0.3) is 0 Å². The first-order valence-electron chi connectivity index (χ1n) is 11.1. The minimum Gasteiger partial charge on any atom is -0.386 e. The van der Waals surface area contributed by atoms with Gasteiger partial charge in [0.05, 0.1) is 16.8 Å². The Labute approximate surface area is 184 Å². The summed E-state index contributed by atoms with van der Waals surface area (Å²) >= 11 is 0. The Morgan fingerprint density at radius 1 is 1.03 bits per heavy atom. The minimum atomic E-state index is -0.928. The van der Waals surface area contributed by atoms with Crippen LogP contribution in [0.1, 0.15) is 71.3 Å². The molecule has 3 heterocycles. The van der Waals surface area contributed by atoms with Crippen molar-refractivity contribution in [3.05, 3.63) is 58.4 Å². The molecular weight excluding hydrogens is 390 g/mol. The van der Waals surface area contributed by atoms with Gasteiger partial charge in [0.25, 0.3) is 5.91 Å². The fourth-order valence-corrected chi connectivity index (χ4v) is 5.47. The fourth-order valence-electron chi connectivity index (χ4n) is 5.47. The lowest BCUT2D eigenvalue weighted by Gasteiger charge is -2.50. The SMILES string of the molecule is CC(=O)c1ccc2n1CCN(C)C21CCN(C(=O)c2ccc(C(C)(C)O)c(C)c2)CC1. The largest absolute Gasteiger partial charge is 0.386 e. The number of aryl methyl sites for hydroxylation is 1. The van der Waals surface area contributed by atoms with E-state index in [1.807, 2.05) is 36.1 Å². The molecule has 0 radical (unpaired) electrons. The number of nitrogens with zero attached hydrogens (tertiary/aromatic N) is 3. The van der Waals surface area contributed by atoms with Gasteiger partial charge in [-0.15, -0.1) is 0 Å². The van der Waals surface area contributed by atoms with Gasteiger partial charge in [0.2, 0.25) is 0 Å². The number of fused-ring (bicyclic) bond motifs is 2. The molecule has 166 valence electrons. The second-order valence-corrected chi connectivity index (χ2v) is 9.65. The maximum atomic E-state index is 13.2. The number of piperidine rings is 1. The van der Waals surface area contributed by atoms with Crippen LogP contribution in [-0.2, 0) is 17.7 Å². The molecule has 0 unspecified atom stereocenters. The molecule has 1 amide bonds. The summed E-state index contributed by atoms with van der Waals surface area (Å²) in [5, 5.41) is 10.3. The number of aromatic nitrogens is 1. The molecule has 0 saturated carbocycles. The summed E-state index contributed by atoms with van der Waals surface area (Å²) in [6.45, 7) is 10.2. The highest BCUT2D eigenvalue weighted by Crippen LogP contribution is 2.41. The first kappa shape index (κ1) is 21.8. The smallest absolute Gasteiger partial charge is 0.253 e. The zero-order chi connectivity index (χ0) is 22.6. The standard InChI is InChI=1S/C25H33N3O3/c1-17-16-19(6-7-20(17)24(3,4)31)23(30)27-12-10-25(11-13-27)22-9-8-21(18(2)29)28(22)15-14-26(25)5/h6-9,16,31H,10-15H2,1-5H3. The molecule has 1 spiro atoms. The van der Waals surface area contributed by atoms with E-state index in [0.29, 0.717) is 18.7 Å². The van der Waals surface area contributed by atoms with Gasteiger partial charge in [-0.1, -0.05) is 6.07 Å². The van der Waals surface area contributed by atoms with Crippen molar-refractivity contribution in [2.45, 2.75) is 58.2 Å². The highest BCUT2D eigenvalue weighted by molar-refractivity contribution is 5.94. The van der Waals surface area contributed by atoms with Gasteiger partial charge in [0.1, 0.15) is 0 Å². The Morgan fingerprint density at radius 2 is 1.71 bits per heavy atom. The molecule has 2 aliphatic heterocycles. The molecule has 6 heteroatoms. The van der Waals surface area contributed by atoms with Crippen LogP contribution in [-0.4, -0.2) is 57.8 Å². The fraction of sp³-hybridized carbons (Fsp3) is 0.520. The second-order valence-electron chi connectivity index (χ2n) is 9.65. The molecule has 1 fully saturated rings. The molecule has 1 saturated heterocycles. The van der Waals surface area contributed by atoms with Crippen molar-refractivity contribution in [3.8, 4) is 0 Å². The third-order valence-corrected chi connectivity index (χ3v) is 7.22. The van der Waals surface area contributed by atoms with Crippen LogP contribution in [0.2, 0.25) is 0 Å². The molecule has 4 rings (SSSR count). The molecule has 0 bridgehead atoms. The predicted molar refractivity (Wildman–Crippen MR) is 120 cm³/mol. The summed E-state index contributed by atoms with van der Waals surface area (Å²) in [5.74, 6) is 0.141. The summed E-state index contributed by atoms with van der Waals surface area (Å²) in [7, 11) is 2.15. The number of hydrogen-bond acceptors (Lipinski definition) is 4. The zero-order valence-corrected chi connectivity index (χ0v) is 19.2. The van der Waals surface area contributed by atoms with Gasteiger partial charge in [-0.3, -0.25) is 14.5 Å². The Balaban J connectivity index is 1.55.